The first-order chi connectivity index (χ1) is 10.1. The van der Waals surface area contributed by atoms with Crippen molar-refractivity contribution in [3.63, 3.8) is 0 Å². The summed E-state index contributed by atoms with van der Waals surface area (Å²) in [7, 11) is 0. The number of amides is 1. The smallest absolute Gasteiger partial charge is 0.271 e. The van der Waals surface area contributed by atoms with Crippen LogP contribution in [0.4, 0.5) is 0 Å². The summed E-state index contributed by atoms with van der Waals surface area (Å²) in [5, 5.41) is 4.81. The van der Waals surface area contributed by atoms with Crippen LogP contribution in [-0.4, -0.2) is 21.3 Å². The van der Waals surface area contributed by atoms with Crippen molar-refractivity contribution in [1.82, 2.24) is 14.7 Å². The van der Waals surface area contributed by atoms with Crippen molar-refractivity contribution in [1.29, 1.82) is 0 Å². The van der Waals surface area contributed by atoms with Gasteiger partial charge in [0.1, 0.15) is 5.56 Å². The van der Waals surface area contributed by atoms with Gasteiger partial charge in [-0.25, -0.2) is 4.98 Å². The first kappa shape index (κ1) is 14.3. The Morgan fingerprint density at radius 3 is 3.05 bits per heavy atom. The molecule has 0 saturated heterocycles. The number of rotatable bonds is 2. The van der Waals surface area contributed by atoms with Gasteiger partial charge in [-0.1, -0.05) is 26.7 Å². The van der Waals surface area contributed by atoms with Gasteiger partial charge in [-0.3, -0.25) is 14.0 Å². The lowest BCUT2D eigenvalue weighted by Crippen LogP contribution is -2.45. The fraction of sp³-hybridized carbons (Fsp3) is 0.533. The predicted molar refractivity (Wildman–Crippen MR) is 82.8 cm³/mol. The molecule has 0 radical (unpaired) electrons. The third-order valence-corrected chi connectivity index (χ3v) is 5.38. The maximum absolute atomic E-state index is 12.4. The van der Waals surface area contributed by atoms with Crippen LogP contribution in [0.2, 0.25) is 0 Å². The van der Waals surface area contributed by atoms with E-state index in [1.165, 1.54) is 28.4 Å². The zero-order valence-electron chi connectivity index (χ0n) is 12.2. The third kappa shape index (κ3) is 2.60. The Morgan fingerprint density at radius 1 is 1.43 bits per heavy atom. The molecule has 1 amide bonds. The Hall–Kier alpha value is -1.69. The summed E-state index contributed by atoms with van der Waals surface area (Å²) in [5.74, 6) is 0.727. The molecule has 21 heavy (non-hydrogen) atoms. The number of nitrogens with one attached hydrogen (secondary N) is 1. The van der Waals surface area contributed by atoms with Crippen molar-refractivity contribution in [3.05, 3.63) is 33.7 Å². The number of nitrogens with zero attached hydrogens (tertiary/aromatic N) is 2. The van der Waals surface area contributed by atoms with E-state index in [2.05, 4.69) is 24.1 Å². The zero-order chi connectivity index (χ0) is 15.0. The molecule has 0 aliphatic heterocycles. The topological polar surface area (TPSA) is 63.5 Å². The standard InChI is InChI=1S/C15H19N3O2S/c1-9-4-3-5-12(10(9)2)17-13(19)11-8-16-15-18(14(11)20)6-7-21-15/h6-10,12H,3-5H2,1-2H3,(H,17,19). The summed E-state index contributed by atoms with van der Waals surface area (Å²) in [5.41, 5.74) is -0.174. The van der Waals surface area contributed by atoms with Crippen molar-refractivity contribution in [2.75, 3.05) is 0 Å². The summed E-state index contributed by atoms with van der Waals surface area (Å²) in [6, 6.07) is 0.142. The van der Waals surface area contributed by atoms with Gasteiger partial charge in [0.2, 0.25) is 0 Å². The molecule has 3 rings (SSSR count). The highest BCUT2D eigenvalue weighted by Crippen LogP contribution is 2.29. The number of fused-ring (bicyclic) bond motifs is 1. The minimum Gasteiger partial charge on any atom is -0.349 e. The number of hydrogen-bond donors (Lipinski definition) is 1. The van der Waals surface area contributed by atoms with Crippen LogP contribution in [0.3, 0.4) is 0 Å². The molecule has 112 valence electrons. The minimum atomic E-state index is -0.306. The highest BCUT2D eigenvalue weighted by molar-refractivity contribution is 7.15. The molecule has 1 N–H and O–H groups in total. The predicted octanol–water partition coefficient (Wildman–Crippen LogP) is 2.31. The lowest BCUT2D eigenvalue weighted by Gasteiger charge is -2.34. The van der Waals surface area contributed by atoms with Gasteiger partial charge >= 0.3 is 0 Å². The second-order valence-corrected chi connectivity index (χ2v) is 6.75. The van der Waals surface area contributed by atoms with Crippen LogP contribution in [-0.2, 0) is 0 Å². The maximum atomic E-state index is 12.4. The third-order valence-electron chi connectivity index (χ3n) is 4.61. The number of aromatic nitrogens is 2. The number of carbonyl (C=O) groups excluding carboxylic acids is 1. The molecular weight excluding hydrogens is 286 g/mol. The fourth-order valence-electron chi connectivity index (χ4n) is 3.01. The lowest BCUT2D eigenvalue weighted by atomic mass is 9.78. The summed E-state index contributed by atoms with van der Waals surface area (Å²) < 4.78 is 1.42. The normalized spacial score (nSPS) is 25.9. The largest absolute Gasteiger partial charge is 0.349 e. The van der Waals surface area contributed by atoms with Crippen LogP contribution in [0.1, 0.15) is 43.5 Å². The molecule has 3 unspecified atom stereocenters. The van der Waals surface area contributed by atoms with Crippen molar-refractivity contribution in [2.45, 2.75) is 39.2 Å². The van der Waals surface area contributed by atoms with E-state index in [0.717, 1.165) is 12.8 Å². The second kappa shape index (κ2) is 5.60. The van der Waals surface area contributed by atoms with E-state index < -0.39 is 0 Å². The molecule has 2 aromatic rings. The van der Waals surface area contributed by atoms with Crippen molar-refractivity contribution in [2.24, 2.45) is 11.8 Å². The van der Waals surface area contributed by atoms with Crippen LogP contribution in [0.25, 0.3) is 4.96 Å². The first-order valence-corrected chi connectivity index (χ1v) is 8.21. The van der Waals surface area contributed by atoms with Crippen LogP contribution in [0.15, 0.2) is 22.6 Å². The van der Waals surface area contributed by atoms with E-state index >= 15 is 0 Å². The summed E-state index contributed by atoms with van der Waals surface area (Å²) >= 11 is 1.38. The Kier molecular flexibility index (Phi) is 3.80. The number of carbonyl (C=O) groups is 1. The molecule has 6 heteroatoms. The first-order valence-electron chi connectivity index (χ1n) is 7.33. The van der Waals surface area contributed by atoms with E-state index in [0.29, 0.717) is 16.8 Å². The van der Waals surface area contributed by atoms with Crippen LogP contribution < -0.4 is 10.9 Å². The van der Waals surface area contributed by atoms with Crippen LogP contribution in [0, 0.1) is 11.8 Å². The average Bonchev–Trinajstić information content (AvgIpc) is 2.93. The van der Waals surface area contributed by atoms with Gasteiger partial charge in [-0.15, -0.1) is 11.3 Å². The van der Waals surface area contributed by atoms with Gasteiger partial charge in [0.15, 0.2) is 4.96 Å². The highest BCUT2D eigenvalue weighted by atomic mass is 32.1. The van der Waals surface area contributed by atoms with E-state index in [9.17, 15) is 9.59 Å². The molecule has 0 bridgehead atoms. The molecule has 1 saturated carbocycles. The van der Waals surface area contributed by atoms with E-state index in [-0.39, 0.29) is 23.1 Å². The van der Waals surface area contributed by atoms with E-state index in [1.807, 2.05) is 0 Å². The quantitative estimate of drug-likeness (QED) is 0.926. The Balaban J connectivity index is 1.84. The summed E-state index contributed by atoms with van der Waals surface area (Å²) in [6.45, 7) is 4.39. The van der Waals surface area contributed by atoms with Gasteiger partial charge in [0, 0.05) is 23.8 Å². The monoisotopic (exact) mass is 305 g/mol. The minimum absolute atomic E-state index is 0.122. The highest BCUT2D eigenvalue weighted by Gasteiger charge is 2.29. The van der Waals surface area contributed by atoms with Crippen molar-refractivity contribution < 1.29 is 4.79 Å². The molecule has 1 fully saturated rings. The SMILES string of the molecule is CC1CCCC(NC(=O)c2cnc3sccn3c2=O)C1C. The maximum Gasteiger partial charge on any atom is 0.271 e. The fourth-order valence-corrected chi connectivity index (χ4v) is 3.69. The molecule has 1 aliphatic rings. The average molecular weight is 305 g/mol. The van der Waals surface area contributed by atoms with Crippen LogP contribution in [0.5, 0.6) is 0 Å². The van der Waals surface area contributed by atoms with Crippen molar-refractivity contribution >= 4 is 22.2 Å². The van der Waals surface area contributed by atoms with Gasteiger partial charge in [0.05, 0.1) is 0 Å². The lowest BCUT2D eigenvalue weighted by molar-refractivity contribution is 0.0889. The van der Waals surface area contributed by atoms with E-state index in [1.54, 1.807) is 11.6 Å². The summed E-state index contributed by atoms with van der Waals surface area (Å²) in [6.07, 6.45) is 6.35. The number of thiazole rings is 1. The Bertz CT molecular complexity index is 721. The number of hydrogen-bond acceptors (Lipinski definition) is 4. The Morgan fingerprint density at radius 2 is 2.24 bits per heavy atom. The van der Waals surface area contributed by atoms with Gasteiger partial charge in [0.25, 0.3) is 11.5 Å². The molecular formula is C15H19N3O2S. The van der Waals surface area contributed by atoms with E-state index in [4.69, 9.17) is 0 Å². The molecule has 0 aromatic carbocycles. The summed E-state index contributed by atoms with van der Waals surface area (Å²) in [4.78, 5) is 29.5. The molecule has 5 nitrogen and oxygen atoms in total. The van der Waals surface area contributed by atoms with Gasteiger partial charge in [-0.2, -0.15) is 0 Å². The van der Waals surface area contributed by atoms with Crippen LogP contribution >= 0.6 is 11.3 Å². The molecule has 3 atom stereocenters. The molecule has 2 heterocycles. The Labute approximate surface area is 127 Å². The van der Waals surface area contributed by atoms with Gasteiger partial charge in [-0.05, 0) is 18.3 Å². The molecule has 2 aromatic heterocycles. The molecule has 1 aliphatic carbocycles. The van der Waals surface area contributed by atoms with Gasteiger partial charge < -0.3 is 5.32 Å². The van der Waals surface area contributed by atoms with Crippen molar-refractivity contribution in [3.8, 4) is 0 Å². The molecule has 0 spiro atoms. The zero-order valence-corrected chi connectivity index (χ0v) is 13.0. The second-order valence-electron chi connectivity index (χ2n) is 5.88.